The number of phenols is 5. The van der Waals surface area contributed by atoms with Crippen LogP contribution in [0.2, 0.25) is 0 Å². The SMILES string of the molecule is COc1cc([C@@H]2Oc3cc([C@H]4Oc5cc(OC(=O)c6cc(O)c(O)c(O)c6)cc(O)c5C(=O)[C@@H]4O)ccc3O[C@H]2CO)ccc1O. The van der Waals surface area contributed by atoms with Gasteiger partial charge in [0.1, 0.15) is 22.8 Å². The Hall–Kier alpha value is -5.86. The molecule has 0 fully saturated rings. The Balaban J connectivity index is 1.29. The number of hydrogen-bond donors (Lipinski definition) is 7. The molecule has 14 heteroatoms. The monoisotopic (exact) mass is 634 g/mol. The molecule has 0 unspecified atom stereocenters. The normalized spacial score (nSPS) is 19.9. The predicted molar refractivity (Wildman–Crippen MR) is 154 cm³/mol. The van der Waals surface area contributed by atoms with E-state index in [0.29, 0.717) is 5.56 Å². The minimum Gasteiger partial charge on any atom is -0.507 e. The summed E-state index contributed by atoms with van der Waals surface area (Å²) < 4.78 is 28.5. The molecule has 4 aromatic rings. The average molecular weight is 635 g/mol. The lowest BCUT2D eigenvalue weighted by Gasteiger charge is -2.35. The number of fused-ring (bicyclic) bond motifs is 2. The zero-order valence-corrected chi connectivity index (χ0v) is 23.8. The first-order valence-electron chi connectivity index (χ1n) is 13.7. The Bertz CT molecular complexity index is 1850. The van der Waals surface area contributed by atoms with Gasteiger partial charge in [0, 0.05) is 17.7 Å². The molecular weight excluding hydrogens is 608 g/mol. The third kappa shape index (κ3) is 5.25. The number of carbonyl (C=O) groups is 2. The van der Waals surface area contributed by atoms with Crippen molar-refractivity contribution >= 4 is 11.8 Å². The first-order chi connectivity index (χ1) is 22.0. The third-order valence-corrected chi connectivity index (χ3v) is 7.51. The van der Waals surface area contributed by atoms with Crippen LogP contribution < -0.4 is 23.7 Å². The van der Waals surface area contributed by atoms with Gasteiger partial charge in [0.2, 0.25) is 5.78 Å². The number of aliphatic hydroxyl groups is 2. The van der Waals surface area contributed by atoms with Gasteiger partial charge in [-0.3, -0.25) is 4.79 Å². The lowest BCUT2D eigenvalue weighted by Crippen LogP contribution is -2.37. The highest BCUT2D eigenvalue weighted by Crippen LogP contribution is 2.46. The lowest BCUT2D eigenvalue weighted by atomic mass is 9.92. The number of benzene rings is 4. The van der Waals surface area contributed by atoms with Crippen LogP contribution in [0.5, 0.6) is 57.5 Å². The number of rotatable bonds is 6. The van der Waals surface area contributed by atoms with E-state index < -0.39 is 65.8 Å². The molecule has 0 spiro atoms. The van der Waals surface area contributed by atoms with Crippen LogP contribution in [0.25, 0.3) is 0 Å². The minimum absolute atomic E-state index is 0.0949. The van der Waals surface area contributed by atoms with Crippen LogP contribution in [-0.4, -0.2) is 73.4 Å². The molecule has 4 atom stereocenters. The van der Waals surface area contributed by atoms with Crippen molar-refractivity contribution < 1.29 is 69.0 Å². The molecule has 6 rings (SSSR count). The molecule has 2 heterocycles. The van der Waals surface area contributed by atoms with Crippen molar-refractivity contribution in [1.82, 2.24) is 0 Å². The lowest BCUT2D eigenvalue weighted by molar-refractivity contribution is -0.0130. The van der Waals surface area contributed by atoms with Crippen LogP contribution in [0.1, 0.15) is 44.1 Å². The van der Waals surface area contributed by atoms with Crippen LogP contribution in [0.15, 0.2) is 60.7 Å². The highest BCUT2D eigenvalue weighted by molar-refractivity contribution is 6.05. The maximum atomic E-state index is 13.2. The Kier molecular flexibility index (Phi) is 7.59. The predicted octanol–water partition coefficient (Wildman–Crippen LogP) is 2.99. The second-order valence-corrected chi connectivity index (χ2v) is 10.4. The minimum atomic E-state index is -1.76. The topological polar surface area (TPSA) is 222 Å². The molecule has 14 nitrogen and oxygen atoms in total. The number of phenolic OH excluding ortho intramolecular Hbond substituents is 5. The largest absolute Gasteiger partial charge is 0.507 e. The molecule has 2 aliphatic rings. The van der Waals surface area contributed by atoms with Crippen LogP contribution in [0, 0.1) is 0 Å². The average Bonchev–Trinajstić information content (AvgIpc) is 3.04. The van der Waals surface area contributed by atoms with E-state index in [4.69, 9.17) is 23.7 Å². The summed E-state index contributed by atoms with van der Waals surface area (Å²) in [7, 11) is 1.39. The number of ketones is 1. The number of methoxy groups -OCH3 is 1. The van der Waals surface area contributed by atoms with Crippen LogP contribution in [0.3, 0.4) is 0 Å². The zero-order chi connectivity index (χ0) is 32.9. The van der Waals surface area contributed by atoms with Crippen LogP contribution >= 0.6 is 0 Å². The van der Waals surface area contributed by atoms with Crippen molar-refractivity contribution in [3.63, 3.8) is 0 Å². The maximum Gasteiger partial charge on any atom is 0.343 e. The van der Waals surface area contributed by atoms with Crippen molar-refractivity contribution in [2.75, 3.05) is 13.7 Å². The van der Waals surface area contributed by atoms with E-state index in [1.807, 2.05) is 0 Å². The van der Waals surface area contributed by atoms with E-state index in [2.05, 4.69) is 0 Å². The van der Waals surface area contributed by atoms with Gasteiger partial charge in [0.15, 0.2) is 64.7 Å². The van der Waals surface area contributed by atoms with Crippen molar-refractivity contribution in [3.05, 3.63) is 82.9 Å². The first-order valence-corrected chi connectivity index (χ1v) is 13.7. The number of ether oxygens (including phenoxy) is 5. The molecule has 238 valence electrons. The highest BCUT2D eigenvalue weighted by Gasteiger charge is 2.41. The van der Waals surface area contributed by atoms with E-state index in [0.717, 1.165) is 24.3 Å². The number of esters is 1. The summed E-state index contributed by atoms with van der Waals surface area (Å²) in [4.78, 5) is 25.8. The van der Waals surface area contributed by atoms with Crippen molar-refractivity contribution in [2.24, 2.45) is 0 Å². The van der Waals surface area contributed by atoms with Crippen LogP contribution in [0.4, 0.5) is 0 Å². The fraction of sp³-hybridized carbons (Fsp3) is 0.188. The Labute approximate surface area is 259 Å². The van der Waals surface area contributed by atoms with Gasteiger partial charge in [0.05, 0.1) is 19.3 Å². The van der Waals surface area contributed by atoms with Gasteiger partial charge in [-0.25, -0.2) is 4.79 Å². The van der Waals surface area contributed by atoms with Crippen molar-refractivity contribution in [2.45, 2.75) is 24.4 Å². The molecule has 46 heavy (non-hydrogen) atoms. The summed E-state index contributed by atoms with van der Waals surface area (Å²) in [5.41, 5.74) is 0.112. The van der Waals surface area contributed by atoms with E-state index in [1.165, 1.54) is 37.4 Å². The molecule has 0 saturated heterocycles. The Morgan fingerprint density at radius 3 is 2.13 bits per heavy atom. The third-order valence-electron chi connectivity index (χ3n) is 7.51. The van der Waals surface area contributed by atoms with Gasteiger partial charge in [-0.2, -0.15) is 0 Å². The second kappa shape index (κ2) is 11.6. The quantitative estimate of drug-likeness (QED) is 0.0921. The fourth-order valence-electron chi connectivity index (χ4n) is 5.22. The van der Waals surface area contributed by atoms with Gasteiger partial charge < -0.3 is 59.4 Å². The molecule has 0 amide bonds. The number of aliphatic hydroxyl groups excluding tert-OH is 2. The summed E-state index contributed by atoms with van der Waals surface area (Å²) >= 11 is 0. The van der Waals surface area contributed by atoms with Gasteiger partial charge in [-0.05, 0) is 42.0 Å². The maximum absolute atomic E-state index is 13.2. The van der Waals surface area contributed by atoms with Crippen LogP contribution in [-0.2, 0) is 0 Å². The number of carbonyl (C=O) groups excluding carboxylic acids is 2. The molecule has 0 aliphatic carbocycles. The summed E-state index contributed by atoms with van der Waals surface area (Å²) in [6.45, 7) is -0.406. The van der Waals surface area contributed by atoms with Gasteiger partial charge in [-0.15, -0.1) is 0 Å². The van der Waals surface area contributed by atoms with Gasteiger partial charge in [-0.1, -0.05) is 12.1 Å². The first kappa shape index (κ1) is 30.2. The number of aromatic hydroxyl groups is 5. The molecule has 0 aromatic heterocycles. The summed E-state index contributed by atoms with van der Waals surface area (Å²) in [5.74, 6) is -4.94. The second-order valence-electron chi connectivity index (χ2n) is 10.4. The molecule has 2 aliphatic heterocycles. The molecule has 7 N–H and O–H groups in total. The van der Waals surface area contributed by atoms with Gasteiger partial charge >= 0.3 is 5.97 Å². The van der Waals surface area contributed by atoms with Crippen molar-refractivity contribution in [1.29, 1.82) is 0 Å². The van der Waals surface area contributed by atoms with Gasteiger partial charge in [0.25, 0.3) is 0 Å². The zero-order valence-electron chi connectivity index (χ0n) is 23.8. The number of Topliss-reactive ketones (excluding diaryl/α,β-unsaturated/α-hetero) is 1. The highest BCUT2D eigenvalue weighted by atomic mass is 16.6. The van der Waals surface area contributed by atoms with E-state index in [1.54, 1.807) is 6.07 Å². The van der Waals surface area contributed by atoms with E-state index in [-0.39, 0.29) is 51.2 Å². The summed E-state index contributed by atoms with van der Waals surface area (Å²) in [6, 6.07) is 12.8. The molecule has 0 saturated carbocycles. The van der Waals surface area contributed by atoms with Crippen molar-refractivity contribution in [3.8, 4) is 57.5 Å². The smallest absolute Gasteiger partial charge is 0.343 e. The fourth-order valence-corrected chi connectivity index (χ4v) is 5.22. The molecular formula is C32H26O14. The Morgan fingerprint density at radius 2 is 1.43 bits per heavy atom. The summed E-state index contributed by atoms with van der Waals surface area (Å²) in [6.07, 6.45) is -4.74. The molecule has 0 bridgehead atoms. The molecule has 0 radical (unpaired) electrons. The number of hydrogen-bond acceptors (Lipinski definition) is 14. The van der Waals surface area contributed by atoms with E-state index >= 15 is 0 Å². The summed E-state index contributed by atoms with van der Waals surface area (Å²) in [5, 5.41) is 70.4. The van der Waals surface area contributed by atoms with E-state index in [9.17, 15) is 45.3 Å². The standard InChI is InChI=1S/C32H26O14/c1-42-22-8-13(2-4-17(22)34)30-25(12-33)44-21-5-3-14(9-23(21)45-30)31-29(40)28(39)26-18(35)10-16(11-24(26)46-31)43-32(41)15-6-19(36)27(38)20(37)7-15/h2-11,25,29-31,33-38,40H,12H2,1H3/t25-,29-,30-,31+/m0/s1. The molecule has 4 aromatic carbocycles. The Morgan fingerprint density at radius 1 is 0.761 bits per heavy atom.